The highest BCUT2D eigenvalue weighted by atomic mass is 16.7. The van der Waals surface area contributed by atoms with Crippen LogP contribution in [0.4, 0.5) is 0 Å². The summed E-state index contributed by atoms with van der Waals surface area (Å²) in [5.74, 6) is -1.90. The molecule has 19 heavy (non-hydrogen) atoms. The molecular weight excluding hydrogens is 252 g/mol. The molecule has 1 saturated carbocycles. The fourth-order valence-electron chi connectivity index (χ4n) is 2.75. The zero-order valence-electron chi connectivity index (χ0n) is 11.4. The Hall–Kier alpha value is -1.14. The van der Waals surface area contributed by atoms with Crippen LogP contribution in [0.5, 0.6) is 0 Å². The van der Waals surface area contributed by atoms with Crippen molar-refractivity contribution in [1.82, 2.24) is 0 Å². The van der Waals surface area contributed by atoms with E-state index in [1.807, 2.05) is 0 Å². The van der Waals surface area contributed by atoms with Crippen molar-refractivity contribution in [3.8, 4) is 0 Å². The van der Waals surface area contributed by atoms with E-state index in [1.54, 1.807) is 13.8 Å². The predicted molar refractivity (Wildman–Crippen MR) is 64.2 cm³/mol. The van der Waals surface area contributed by atoms with E-state index in [9.17, 15) is 9.59 Å². The minimum atomic E-state index is -1.28. The van der Waals surface area contributed by atoms with E-state index in [1.165, 1.54) is 0 Å². The maximum atomic E-state index is 12.2. The van der Waals surface area contributed by atoms with Crippen LogP contribution in [0.1, 0.15) is 33.1 Å². The molecule has 0 aromatic heterocycles. The Kier molecular flexibility index (Phi) is 4.10. The van der Waals surface area contributed by atoms with Crippen LogP contribution < -0.4 is 0 Å². The van der Waals surface area contributed by atoms with Gasteiger partial charge in [0.15, 0.2) is 11.2 Å². The van der Waals surface area contributed by atoms with Gasteiger partial charge in [-0.2, -0.15) is 0 Å². The van der Waals surface area contributed by atoms with Crippen molar-refractivity contribution >= 4 is 11.9 Å². The third-order valence-electron chi connectivity index (χ3n) is 3.65. The molecule has 6 nitrogen and oxygen atoms in total. The first-order valence-electron chi connectivity index (χ1n) is 6.71. The third kappa shape index (κ3) is 2.47. The number of carbonyl (C=O) groups excluding carboxylic acids is 2. The highest BCUT2D eigenvalue weighted by Crippen LogP contribution is 2.49. The van der Waals surface area contributed by atoms with Crippen LogP contribution in [0.15, 0.2) is 0 Å². The van der Waals surface area contributed by atoms with Crippen LogP contribution in [-0.2, 0) is 28.5 Å². The van der Waals surface area contributed by atoms with Crippen molar-refractivity contribution in [2.45, 2.75) is 38.9 Å². The van der Waals surface area contributed by atoms with Crippen LogP contribution >= 0.6 is 0 Å². The normalized spacial score (nSPS) is 23.5. The summed E-state index contributed by atoms with van der Waals surface area (Å²) in [5.41, 5.74) is -1.28. The van der Waals surface area contributed by atoms with Crippen molar-refractivity contribution in [2.24, 2.45) is 5.41 Å². The lowest BCUT2D eigenvalue weighted by atomic mass is 9.86. The molecule has 1 saturated heterocycles. The number of hydrogen-bond donors (Lipinski definition) is 0. The molecule has 0 amide bonds. The maximum Gasteiger partial charge on any atom is 0.323 e. The summed E-state index contributed by atoms with van der Waals surface area (Å²) in [4.78, 5) is 24.4. The van der Waals surface area contributed by atoms with Gasteiger partial charge in [-0.3, -0.25) is 9.59 Å². The Balaban J connectivity index is 2.21. The highest BCUT2D eigenvalue weighted by molar-refractivity contribution is 6.00. The van der Waals surface area contributed by atoms with Gasteiger partial charge in [-0.1, -0.05) is 0 Å². The van der Waals surface area contributed by atoms with E-state index in [0.29, 0.717) is 26.1 Å². The van der Waals surface area contributed by atoms with E-state index in [-0.39, 0.29) is 19.6 Å². The average Bonchev–Trinajstić information content (AvgIpc) is 2.99. The van der Waals surface area contributed by atoms with Crippen LogP contribution in [0.2, 0.25) is 0 Å². The SMILES string of the molecule is CCOC(=O)C1(C(=O)OCC)CCC2(C1)OCCO2. The van der Waals surface area contributed by atoms with Gasteiger partial charge in [-0.05, 0) is 20.3 Å². The zero-order chi connectivity index (χ0) is 13.9. The number of hydrogen-bond acceptors (Lipinski definition) is 6. The van der Waals surface area contributed by atoms with Crippen molar-refractivity contribution in [1.29, 1.82) is 0 Å². The van der Waals surface area contributed by atoms with Crippen LogP contribution in [0.25, 0.3) is 0 Å². The number of carbonyl (C=O) groups is 2. The van der Waals surface area contributed by atoms with E-state index < -0.39 is 23.1 Å². The van der Waals surface area contributed by atoms with Crippen molar-refractivity contribution in [3.63, 3.8) is 0 Å². The number of ether oxygens (including phenoxy) is 4. The summed E-state index contributed by atoms with van der Waals surface area (Å²) in [6.07, 6.45) is 1.02. The zero-order valence-corrected chi connectivity index (χ0v) is 11.4. The molecule has 0 aromatic carbocycles. The van der Waals surface area contributed by atoms with Crippen LogP contribution in [0, 0.1) is 5.41 Å². The number of rotatable bonds is 4. The molecule has 1 spiro atoms. The highest BCUT2D eigenvalue weighted by Gasteiger charge is 2.61. The van der Waals surface area contributed by atoms with Gasteiger partial charge in [0.1, 0.15) is 0 Å². The average molecular weight is 272 g/mol. The van der Waals surface area contributed by atoms with Gasteiger partial charge in [0, 0.05) is 12.8 Å². The Morgan fingerprint density at radius 2 is 1.53 bits per heavy atom. The van der Waals surface area contributed by atoms with Gasteiger partial charge in [0.05, 0.1) is 26.4 Å². The molecule has 2 fully saturated rings. The first kappa shape index (κ1) is 14.3. The van der Waals surface area contributed by atoms with Gasteiger partial charge in [-0.15, -0.1) is 0 Å². The molecule has 0 unspecified atom stereocenters. The van der Waals surface area contributed by atoms with Crippen LogP contribution in [0.3, 0.4) is 0 Å². The van der Waals surface area contributed by atoms with Gasteiger partial charge < -0.3 is 18.9 Å². The monoisotopic (exact) mass is 272 g/mol. The largest absolute Gasteiger partial charge is 0.465 e. The van der Waals surface area contributed by atoms with E-state index >= 15 is 0 Å². The fourth-order valence-corrected chi connectivity index (χ4v) is 2.75. The van der Waals surface area contributed by atoms with Gasteiger partial charge >= 0.3 is 11.9 Å². The molecule has 6 heteroatoms. The lowest BCUT2D eigenvalue weighted by molar-refractivity contribution is -0.183. The van der Waals surface area contributed by atoms with Gasteiger partial charge in [0.2, 0.25) is 0 Å². The Bertz CT molecular complexity index is 340. The quantitative estimate of drug-likeness (QED) is 0.562. The molecule has 108 valence electrons. The molecule has 1 heterocycles. The summed E-state index contributed by atoms with van der Waals surface area (Å²) in [7, 11) is 0. The molecule has 1 aliphatic heterocycles. The molecule has 2 aliphatic rings. The molecule has 0 bridgehead atoms. The Labute approximate surface area is 112 Å². The summed E-state index contributed by atoms with van der Waals surface area (Å²) >= 11 is 0. The van der Waals surface area contributed by atoms with Crippen molar-refractivity contribution in [2.75, 3.05) is 26.4 Å². The fraction of sp³-hybridized carbons (Fsp3) is 0.846. The lowest BCUT2D eigenvalue weighted by Crippen LogP contribution is -2.42. The Morgan fingerprint density at radius 3 is 2.00 bits per heavy atom. The molecule has 1 aliphatic carbocycles. The summed E-state index contributed by atoms with van der Waals surface area (Å²) in [5, 5.41) is 0. The molecule has 0 atom stereocenters. The third-order valence-corrected chi connectivity index (χ3v) is 3.65. The predicted octanol–water partition coefficient (Wildman–Crippen LogP) is 1.03. The molecule has 0 radical (unpaired) electrons. The molecule has 0 N–H and O–H groups in total. The topological polar surface area (TPSA) is 71.1 Å². The van der Waals surface area contributed by atoms with Crippen molar-refractivity contribution in [3.05, 3.63) is 0 Å². The second-order valence-electron chi connectivity index (χ2n) is 4.81. The van der Waals surface area contributed by atoms with Gasteiger partial charge in [0.25, 0.3) is 0 Å². The van der Waals surface area contributed by atoms with Crippen molar-refractivity contribution < 1.29 is 28.5 Å². The van der Waals surface area contributed by atoms with E-state index in [4.69, 9.17) is 18.9 Å². The summed E-state index contributed by atoms with van der Waals surface area (Å²) < 4.78 is 21.2. The molecular formula is C13H20O6. The Morgan fingerprint density at radius 1 is 1.00 bits per heavy atom. The molecule has 2 rings (SSSR count). The standard InChI is InChI=1S/C13H20O6/c1-3-16-10(14)12(11(15)17-4-2)5-6-13(9-12)18-7-8-19-13/h3-9H2,1-2H3. The summed E-state index contributed by atoms with van der Waals surface area (Å²) in [6, 6.07) is 0. The second kappa shape index (κ2) is 5.46. The summed E-state index contributed by atoms with van der Waals surface area (Å²) in [6.45, 7) is 4.86. The number of esters is 2. The first-order valence-corrected chi connectivity index (χ1v) is 6.71. The van der Waals surface area contributed by atoms with Crippen LogP contribution in [-0.4, -0.2) is 44.2 Å². The van der Waals surface area contributed by atoms with Gasteiger partial charge in [-0.25, -0.2) is 0 Å². The van der Waals surface area contributed by atoms with E-state index in [2.05, 4.69) is 0 Å². The van der Waals surface area contributed by atoms with E-state index in [0.717, 1.165) is 0 Å². The minimum absolute atomic E-state index is 0.178. The molecule has 0 aromatic rings. The first-order chi connectivity index (χ1) is 9.08. The smallest absolute Gasteiger partial charge is 0.323 e. The minimum Gasteiger partial charge on any atom is -0.465 e. The maximum absolute atomic E-state index is 12.2. The lowest BCUT2D eigenvalue weighted by Gasteiger charge is -2.27. The second-order valence-corrected chi connectivity index (χ2v) is 4.81.